The minimum atomic E-state index is 0.712. The molecule has 2 heteroatoms. The maximum atomic E-state index is 3.82. The van der Waals surface area contributed by atoms with Crippen molar-refractivity contribution in [2.75, 3.05) is 6.54 Å². The third-order valence-corrected chi connectivity index (χ3v) is 2.57. The zero-order chi connectivity index (χ0) is 13.2. The highest BCUT2D eigenvalue weighted by atomic mass is 14.8. The van der Waals surface area contributed by atoms with Crippen molar-refractivity contribution in [1.29, 1.82) is 0 Å². The lowest BCUT2D eigenvalue weighted by molar-refractivity contribution is 0.695. The molecule has 0 bridgehead atoms. The molecule has 0 amide bonds. The van der Waals surface area contributed by atoms with E-state index >= 15 is 0 Å². The minimum absolute atomic E-state index is 0.712. The fraction of sp³-hybridized carbons (Fsp3) is 0.188. The fourth-order valence-electron chi connectivity index (χ4n) is 1.52. The summed E-state index contributed by atoms with van der Waals surface area (Å²) in [5.41, 5.74) is 2.98. The van der Waals surface area contributed by atoms with E-state index in [-0.39, 0.29) is 0 Å². The van der Waals surface area contributed by atoms with Crippen molar-refractivity contribution in [3.05, 3.63) is 66.8 Å². The summed E-state index contributed by atoms with van der Waals surface area (Å²) in [5, 5.41) is 3.38. The highest BCUT2D eigenvalue weighted by Gasteiger charge is 1.96. The van der Waals surface area contributed by atoms with Crippen LogP contribution >= 0.6 is 0 Å². The van der Waals surface area contributed by atoms with Crippen LogP contribution in [0.15, 0.2) is 60.6 Å². The summed E-state index contributed by atoms with van der Waals surface area (Å²) in [6.45, 7) is 12.8. The first-order chi connectivity index (χ1) is 8.77. The van der Waals surface area contributed by atoms with Crippen molar-refractivity contribution in [1.82, 2.24) is 5.32 Å². The quantitative estimate of drug-likeness (QED) is 0.419. The Kier molecular flexibility index (Phi) is 6.44. The van der Waals surface area contributed by atoms with Gasteiger partial charge < -0.3 is 5.32 Å². The van der Waals surface area contributed by atoms with Gasteiger partial charge in [0.25, 0.3) is 0 Å². The van der Waals surface area contributed by atoms with Crippen molar-refractivity contribution >= 4 is 12.4 Å². The zero-order valence-electron chi connectivity index (χ0n) is 10.7. The van der Waals surface area contributed by atoms with Gasteiger partial charge in [-0.05, 0) is 30.8 Å². The largest absolute Gasteiger partial charge is 0.312 e. The van der Waals surface area contributed by atoms with Crippen molar-refractivity contribution in [3.63, 3.8) is 0 Å². The number of nitrogens with one attached hydrogen (secondary N) is 1. The molecule has 94 valence electrons. The van der Waals surface area contributed by atoms with Crippen LogP contribution in [0.3, 0.4) is 0 Å². The van der Waals surface area contributed by atoms with Gasteiger partial charge in [0.2, 0.25) is 0 Å². The second kappa shape index (κ2) is 8.20. The molecule has 1 aromatic carbocycles. The van der Waals surface area contributed by atoms with Gasteiger partial charge in [-0.3, -0.25) is 4.99 Å². The van der Waals surface area contributed by atoms with Crippen LogP contribution in [-0.4, -0.2) is 13.3 Å². The summed E-state index contributed by atoms with van der Waals surface area (Å²) in [4.78, 5) is 3.82. The summed E-state index contributed by atoms with van der Waals surface area (Å²) in [7, 11) is 0. The van der Waals surface area contributed by atoms with Gasteiger partial charge in [0.1, 0.15) is 0 Å². The van der Waals surface area contributed by atoms with Crippen LogP contribution in [0.1, 0.15) is 17.5 Å². The van der Waals surface area contributed by atoms with Crippen LogP contribution in [0.25, 0.3) is 5.70 Å². The normalized spacial score (nSPS) is 10.4. The van der Waals surface area contributed by atoms with Gasteiger partial charge in [-0.2, -0.15) is 0 Å². The minimum Gasteiger partial charge on any atom is -0.312 e. The van der Waals surface area contributed by atoms with Gasteiger partial charge in [-0.1, -0.05) is 55.7 Å². The van der Waals surface area contributed by atoms with Crippen LogP contribution in [0.5, 0.6) is 0 Å². The van der Waals surface area contributed by atoms with E-state index in [1.54, 1.807) is 6.08 Å². The van der Waals surface area contributed by atoms with E-state index in [1.165, 1.54) is 5.56 Å². The molecule has 0 unspecified atom stereocenters. The predicted molar refractivity (Wildman–Crippen MR) is 80.7 cm³/mol. The van der Waals surface area contributed by atoms with E-state index in [0.717, 1.165) is 25.1 Å². The van der Waals surface area contributed by atoms with Crippen LogP contribution in [0.2, 0.25) is 0 Å². The maximum absolute atomic E-state index is 3.82. The monoisotopic (exact) mass is 240 g/mol. The Morgan fingerprint density at radius 1 is 1.28 bits per heavy atom. The predicted octanol–water partition coefficient (Wildman–Crippen LogP) is 3.58. The molecule has 0 aliphatic heterocycles. The van der Waals surface area contributed by atoms with Crippen LogP contribution in [0.4, 0.5) is 0 Å². The average molecular weight is 240 g/mol. The topological polar surface area (TPSA) is 24.4 Å². The zero-order valence-corrected chi connectivity index (χ0v) is 10.7. The number of aliphatic imine (C=N–C) groups is 1. The molecule has 0 aliphatic rings. The molecule has 0 spiro atoms. The van der Waals surface area contributed by atoms with Gasteiger partial charge in [0.05, 0.1) is 5.70 Å². The van der Waals surface area contributed by atoms with Gasteiger partial charge >= 0.3 is 0 Å². The number of benzene rings is 1. The van der Waals surface area contributed by atoms with Crippen molar-refractivity contribution in [3.8, 4) is 0 Å². The van der Waals surface area contributed by atoms with Gasteiger partial charge in [-0.15, -0.1) is 0 Å². The van der Waals surface area contributed by atoms with Crippen LogP contribution < -0.4 is 5.32 Å². The van der Waals surface area contributed by atoms with E-state index in [9.17, 15) is 0 Å². The lowest BCUT2D eigenvalue weighted by Crippen LogP contribution is -2.13. The summed E-state index contributed by atoms with van der Waals surface area (Å²) in [6.07, 6.45) is 6.87. The van der Waals surface area contributed by atoms with Crippen LogP contribution in [-0.2, 0) is 6.54 Å². The maximum Gasteiger partial charge on any atom is 0.0622 e. The molecule has 2 nitrogen and oxygen atoms in total. The van der Waals surface area contributed by atoms with E-state index in [4.69, 9.17) is 0 Å². The van der Waals surface area contributed by atoms with E-state index in [0.29, 0.717) is 5.70 Å². The van der Waals surface area contributed by atoms with Crippen LogP contribution in [0, 0.1) is 0 Å². The Bertz CT molecular complexity index is 427. The summed E-state index contributed by atoms with van der Waals surface area (Å²) < 4.78 is 0. The van der Waals surface area contributed by atoms with Gasteiger partial charge in [0, 0.05) is 6.54 Å². The fourth-order valence-corrected chi connectivity index (χ4v) is 1.52. The second-order valence-corrected chi connectivity index (χ2v) is 3.93. The lowest BCUT2D eigenvalue weighted by atomic mass is 10.1. The van der Waals surface area contributed by atoms with E-state index in [2.05, 4.69) is 48.4 Å². The Balaban J connectivity index is 2.35. The molecule has 18 heavy (non-hydrogen) atoms. The van der Waals surface area contributed by atoms with E-state index in [1.807, 2.05) is 18.2 Å². The molecule has 0 radical (unpaired) electrons. The Morgan fingerprint density at radius 2 is 2.00 bits per heavy atom. The number of hydrogen-bond acceptors (Lipinski definition) is 2. The molecule has 0 aromatic heterocycles. The standard InChI is InChI=1S/C16H20N2/c1-4-5-6-7-12-18-13-15-8-10-16(11-9-15)14(2)17-3/h4-6,8-11,18H,1-3,7,12-13H2. The SMILES string of the molecule is C=CC=CCCNCc1ccc(C(=C)N=C)cc1. The van der Waals surface area contributed by atoms with Crippen molar-refractivity contribution < 1.29 is 0 Å². The number of nitrogens with zero attached hydrogens (tertiary/aromatic N) is 1. The first kappa shape index (κ1) is 14.1. The third-order valence-electron chi connectivity index (χ3n) is 2.57. The number of allylic oxidation sites excluding steroid dienone is 2. The second-order valence-electron chi connectivity index (χ2n) is 3.93. The summed E-state index contributed by atoms with van der Waals surface area (Å²) in [6, 6.07) is 8.20. The third kappa shape index (κ3) is 4.93. The highest BCUT2D eigenvalue weighted by molar-refractivity contribution is 5.65. The highest BCUT2D eigenvalue weighted by Crippen LogP contribution is 2.13. The molecule has 0 heterocycles. The van der Waals surface area contributed by atoms with Gasteiger partial charge in [-0.25, -0.2) is 0 Å². The van der Waals surface area contributed by atoms with Gasteiger partial charge in [0.15, 0.2) is 0 Å². The molecule has 0 atom stereocenters. The molecular formula is C16H20N2. The van der Waals surface area contributed by atoms with E-state index < -0.39 is 0 Å². The molecule has 0 saturated carbocycles. The first-order valence-electron chi connectivity index (χ1n) is 6.01. The molecule has 0 fully saturated rings. The number of rotatable bonds is 8. The molecule has 1 N–H and O–H groups in total. The summed E-state index contributed by atoms with van der Waals surface area (Å²) in [5.74, 6) is 0. The molecule has 1 rings (SSSR count). The smallest absolute Gasteiger partial charge is 0.0622 e. The Morgan fingerprint density at radius 3 is 2.61 bits per heavy atom. The van der Waals surface area contributed by atoms with Crippen molar-refractivity contribution in [2.45, 2.75) is 13.0 Å². The molecule has 1 aromatic rings. The molecular weight excluding hydrogens is 220 g/mol. The Hall–Kier alpha value is -1.93. The molecule has 0 saturated heterocycles. The molecule has 0 aliphatic carbocycles. The number of hydrogen-bond donors (Lipinski definition) is 1. The van der Waals surface area contributed by atoms with Crippen molar-refractivity contribution in [2.24, 2.45) is 4.99 Å². The summed E-state index contributed by atoms with van der Waals surface area (Å²) >= 11 is 0. The lowest BCUT2D eigenvalue weighted by Gasteiger charge is -2.05. The Labute approximate surface area is 109 Å². The first-order valence-corrected chi connectivity index (χ1v) is 6.01. The average Bonchev–Trinajstić information content (AvgIpc) is 2.42.